The van der Waals surface area contributed by atoms with Crippen LogP contribution in [-0.2, 0) is 21.3 Å². The van der Waals surface area contributed by atoms with E-state index in [9.17, 15) is 23.3 Å². The van der Waals surface area contributed by atoms with Crippen LogP contribution in [0.5, 0.6) is 5.75 Å². The molecule has 0 fully saturated rings. The minimum absolute atomic E-state index is 0.117. The molecule has 0 spiro atoms. The van der Waals surface area contributed by atoms with E-state index in [1.165, 1.54) is 36.9 Å². The van der Waals surface area contributed by atoms with Crippen LogP contribution in [0.25, 0.3) is 5.69 Å². The molecule has 4 rings (SSSR count). The Labute approximate surface area is 177 Å². The van der Waals surface area contributed by atoms with E-state index in [1.807, 2.05) is 0 Å². The molecule has 0 bridgehead atoms. The predicted octanol–water partition coefficient (Wildman–Crippen LogP) is 2.78. The van der Waals surface area contributed by atoms with Gasteiger partial charge in [-0.15, -0.1) is 0 Å². The fourth-order valence-electron chi connectivity index (χ4n) is 3.52. The van der Waals surface area contributed by atoms with E-state index in [0.717, 1.165) is 0 Å². The highest BCUT2D eigenvalue weighted by Gasteiger charge is 2.33. The van der Waals surface area contributed by atoms with Crippen molar-refractivity contribution in [1.29, 1.82) is 0 Å². The Balaban J connectivity index is 1.78. The van der Waals surface area contributed by atoms with E-state index in [-0.39, 0.29) is 34.1 Å². The Kier molecular flexibility index (Phi) is 4.97. The number of ether oxygens (including phenoxy) is 1. The maximum atomic E-state index is 13.0. The van der Waals surface area contributed by atoms with Crippen LogP contribution >= 0.6 is 0 Å². The lowest BCUT2D eigenvalue weighted by Crippen LogP contribution is -2.18. The van der Waals surface area contributed by atoms with Gasteiger partial charge in [0.15, 0.2) is 9.84 Å². The highest BCUT2D eigenvalue weighted by atomic mass is 32.2. The molecule has 2 heterocycles. The first-order valence-electron chi connectivity index (χ1n) is 9.21. The van der Waals surface area contributed by atoms with Gasteiger partial charge in [-0.3, -0.25) is 14.9 Å². The maximum absolute atomic E-state index is 13.0. The van der Waals surface area contributed by atoms with Gasteiger partial charge >= 0.3 is 0 Å². The summed E-state index contributed by atoms with van der Waals surface area (Å²) in [5.74, 6) is -0.212. The van der Waals surface area contributed by atoms with E-state index in [1.54, 1.807) is 24.3 Å². The highest BCUT2D eigenvalue weighted by molar-refractivity contribution is 7.90. The molecule has 10 nitrogen and oxygen atoms in total. The molecule has 160 valence electrons. The summed E-state index contributed by atoms with van der Waals surface area (Å²) in [6.45, 7) is 1.49. The number of nitro groups is 1. The van der Waals surface area contributed by atoms with Gasteiger partial charge in [0.2, 0.25) is 0 Å². The van der Waals surface area contributed by atoms with Crippen LogP contribution in [0.4, 0.5) is 11.5 Å². The highest BCUT2D eigenvalue weighted by Crippen LogP contribution is 2.34. The van der Waals surface area contributed by atoms with Crippen LogP contribution < -0.4 is 10.1 Å². The minimum atomic E-state index is -3.36. The molecule has 0 aliphatic carbocycles. The fraction of sp³-hybridized carbons (Fsp3) is 0.200. The minimum Gasteiger partial charge on any atom is -0.497 e. The molecule has 2 aromatic carbocycles. The standard InChI is InChI=1S/C20H18N4O6S/c1-12-15(4-3-5-18(12)24(26)27)20(25)21-19-16-10-31(28,29)11-17(16)22-23(19)13-6-8-14(30-2)9-7-13/h3-9H,10-11H2,1-2H3,(H,21,25). The average molecular weight is 442 g/mol. The van der Waals surface area contributed by atoms with Crippen LogP contribution in [0.1, 0.15) is 27.2 Å². The number of sulfone groups is 1. The lowest BCUT2D eigenvalue weighted by Gasteiger charge is -2.12. The van der Waals surface area contributed by atoms with Crippen molar-refractivity contribution in [1.82, 2.24) is 9.78 Å². The van der Waals surface area contributed by atoms with Crippen molar-refractivity contribution in [3.05, 3.63) is 75.0 Å². The van der Waals surface area contributed by atoms with E-state index >= 15 is 0 Å². The SMILES string of the molecule is COc1ccc(-n2nc3c(c2NC(=O)c2cccc([N+](=O)[O-])c2C)CS(=O)(=O)C3)cc1. The van der Waals surface area contributed by atoms with Crippen LogP contribution in [0.15, 0.2) is 42.5 Å². The lowest BCUT2D eigenvalue weighted by molar-refractivity contribution is -0.385. The summed E-state index contributed by atoms with van der Waals surface area (Å²) in [5, 5.41) is 18.3. The molecule has 0 saturated carbocycles. The Morgan fingerprint density at radius 2 is 1.90 bits per heavy atom. The fourth-order valence-corrected chi connectivity index (χ4v) is 5.02. The summed E-state index contributed by atoms with van der Waals surface area (Å²) in [6.07, 6.45) is 0. The van der Waals surface area contributed by atoms with Crippen molar-refractivity contribution in [2.75, 3.05) is 12.4 Å². The topological polar surface area (TPSA) is 133 Å². The monoisotopic (exact) mass is 442 g/mol. The Hall–Kier alpha value is -3.73. The van der Waals surface area contributed by atoms with Gasteiger partial charge in [-0.05, 0) is 37.3 Å². The second-order valence-corrected chi connectivity index (χ2v) is 9.14. The number of hydrogen-bond donors (Lipinski definition) is 1. The number of nitrogens with one attached hydrogen (secondary N) is 1. The smallest absolute Gasteiger partial charge is 0.273 e. The van der Waals surface area contributed by atoms with Crippen molar-refractivity contribution in [3.8, 4) is 11.4 Å². The number of fused-ring (bicyclic) bond motifs is 1. The number of hydrogen-bond acceptors (Lipinski definition) is 7. The van der Waals surface area contributed by atoms with E-state index in [4.69, 9.17) is 4.74 Å². The number of rotatable bonds is 5. The van der Waals surface area contributed by atoms with Crippen molar-refractivity contribution in [3.63, 3.8) is 0 Å². The van der Waals surface area contributed by atoms with Crippen LogP contribution in [0.2, 0.25) is 0 Å². The number of nitro benzene ring substituents is 1. The molecule has 0 atom stereocenters. The van der Waals surface area contributed by atoms with E-state index in [0.29, 0.717) is 22.7 Å². The first-order valence-corrected chi connectivity index (χ1v) is 11.0. The number of methoxy groups -OCH3 is 1. The number of carbonyl (C=O) groups is 1. The van der Waals surface area contributed by atoms with Crippen LogP contribution in [0, 0.1) is 17.0 Å². The second-order valence-electron chi connectivity index (χ2n) is 7.08. The summed E-state index contributed by atoms with van der Waals surface area (Å²) in [5.41, 5.74) is 1.52. The molecule has 0 saturated heterocycles. The zero-order chi connectivity index (χ0) is 22.3. The van der Waals surface area contributed by atoms with E-state index in [2.05, 4.69) is 10.4 Å². The molecule has 31 heavy (non-hydrogen) atoms. The van der Waals surface area contributed by atoms with Gasteiger partial charge in [0, 0.05) is 22.8 Å². The molecule has 0 radical (unpaired) electrons. The molecular formula is C20H18N4O6S. The van der Waals surface area contributed by atoms with Crippen molar-refractivity contribution < 1.29 is 22.9 Å². The van der Waals surface area contributed by atoms with Crippen LogP contribution in [-0.4, -0.2) is 36.1 Å². The van der Waals surface area contributed by atoms with Gasteiger partial charge in [-0.2, -0.15) is 5.10 Å². The third-order valence-electron chi connectivity index (χ3n) is 5.08. The van der Waals surface area contributed by atoms with Crippen molar-refractivity contribution in [2.45, 2.75) is 18.4 Å². The van der Waals surface area contributed by atoms with Gasteiger partial charge < -0.3 is 10.1 Å². The summed E-state index contributed by atoms with van der Waals surface area (Å²) in [4.78, 5) is 23.7. The molecule has 1 amide bonds. The number of carbonyl (C=O) groups excluding carboxylic acids is 1. The van der Waals surface area contributed by atoms with Crippen LogP contribution in [0.3, 0.4) is 0 Å². The normalized spacial score (nSPS) is 14.1. The molecule has 1 aliphatic heterocycles. The molecule has 11 heteroatoms. The van der Waals surface area contributed by atoms with Gasteiger partial charge in [-0.25, -0.2) is 13.1 Å². The third-order valence-corrected chi connectivity index (χ3v) is 6.52. The number of nitrogens with zero attached hydrogens (tertiary/aromatic N) is 3. The first-order chi connectivity index (χ1) is 14.7. The molecule has 0 unspecified atom stereocenters. The summed E-state index contributed by atoms with van der Waals surface area (Å²) >= 11 is 0. The Morgan fingerprint density at radius 3 is 2.55 bits per heavy atom. The van der Waals surface area contributed by atoms with E-state index < -0.39 is 20.7 Å². The van der Waals surface area contributed by atoms with Gasteiger partial charge in [0.1, 0.15) is 11.6 Å². The molecule has 1 N–H and O–H groups in total. The first kappa shape index (κ1) is 20.5. The number of anilines is 1. The third kappa shape index (κ3) is 3.75. The zero-order valence-corrected chi connectivity index (χ0v) is 17.5. The second kappa shape index (κ2) is 7.51. The quantitative estimate of drug-likeness (QED) is 0.474. The maximum Gasteiger partial charge on any atom is 0.273 e. The molecule has 1 aromatic heterocycles. The number of aromatic nitrogens is 2. The number of benzene rings is 2. The molecule has 3 aromatic rings. The molecular weight excluding hydrogens is 424 g/mol. The summed E-state index contributed by atoms with van der Waals surface area (Å²) < 4.78 is 30.8. The summed E-state index contributed by atoms with van der Waals surface area (Å²) in [7, 11) is -1.82. The van der Waals surface area contributed by atoms with Crippen molar-refractivity contribution in [2.24, 2.45) is 0 Å². The molecule has 1 aliphatic rings. The average Bonchev–Trinajstić information content (AvgIpc) is 3.20. The zero-order valence-electron chi connectivity index (χ0n) is 16.7. The largest absolute Gasteiger partial charge is 0.497 e. The Morgan fingerprint density at radius 1 is 1.19 bits per heavy atom. The lowest BCUT2D eigenvalue weighted by atomic mass is 10.1. The Bertz CT molecular complexity index is 1310. The van der Waals surface area contributed by atoms with Gasteiger partial charge in [-0.1, -0.05) is 6.07 Å². The van der Waals surface area contributed by atoms with Gasteiger partial charge in [0.25, 0.3) is 11.6 Å². The number of amides is 1. The van der Waals surface area contributed by atoms with Crippen molar-refractivity contribution >= 4 is 27.2 Å². The summed E-state index contributed by atoms with van der Waals surface area (Å²) in [6, 6.07) is 11.1. The van der Waals surface area contributed by atoms with Gasteiger partial charge in [0.05, 0.1) is 34.9 Å². The predicted molar refractivity (Wildman–Crippen MR) is 112 cm³/mol.